The van der Waals surface area contributed by atoms with E-state index >= 15 is 0 Å². The molecule has 1 fully saturated rings. The molecule has 2 unspecified atom stereocenters. The normalized spacial score (nSPS) is 37.3. The minimum Gasteiger partial charge on any atom is -0.632 e. The Morgan fingerprint density at radius 3 is 2.08 bits per heavy atom. The lowest BCUT2D eigenvalue weighted by Gasteiger charge is -2.34. The molecule has 1 rings (SSSR count). The Hall–Kier alpha value is -0.670. The lowest BCUT2D eigenvalue weighted by Crippen LogP contribution is -3.17. The molecule has 0 aliphatic carbocycles. The number of nitrogens with one attached hydrogen (secondary N) is 1. The summed E-state index contributed by atoms with van der Waals surface area (Å²) in [5.41, 5.74) is -1.75. The quantitative estimate of drug-likeness (QED) is 0.498. The maximum atomic E-state index is 11.7. The molecule has 2 atom stereocenters. The summed E-state index contributed by atoms with van der Waals surface area (Å²) < 4.78 is 0. The van der Waals surface area contributed by atoms with Crippen LogP contribution < -0.4 is 5.06 Å². The first-order chi connectivity index (χ1) is 5.76. The van der Waals surface area contributed by atoms with Gasteiger partial charge in [-0.3, -0.25) is 0 Å². The summed E-state index contributed by atoms with van der Waals surface area (Å²) in [6, 6.07) is 1.18. The highest BCUT2D eigenvalue weighted by atomic mass is 16.6. The largest absolute Gasteiger partial charge is 0.632 e. The molecule has 0 bridgehead atoms. The number of hydrogen-bond donors (Lipinski definition) is 2. The zero-order valence-corrected chi connectivity index (χ0v) is 8.33. The zero-order chi connectivity index (χ0) is 10.4. The molecule has 0 spiro atoms. The van der Waals surface area contributed by atoms with Crippen LogP contribution in [-0.2, 0) is 0 Å². The molecule has 1 heterocycles. The summed E-state index contributed by atoms with van der Waals surface area (Å²) in [5.74, 6) is 0. The van der Waals surface area contributed by atoms with E-state index < -0.39 is 17.2 Å². The van der Waals surface area contributed by atoms with E-state index in [9.17, 15) is 10.4 Å². The van der Waals surface area contributed by atoms with Crippen LogP contribution >= 0.6 is 0 Å². The third-order valence-corrected chi connectivity index (χ3v) is 2.78. The van der Waals surface area contributed by atoms with Gasteiger partial charge in [0.25, 0.3) is 0 Å². The van der Waals surface area contributed by atoms with Gasteiger partial charge in [-0.15, -0.1) is 5.06 Å². The fraction of sp³-hybridized carbons (Fsp3) is 0.875. The number of rotatable bonds is 0. The van der Waals surface area contributed by atoms with E-state index in [1.165, 1.54) is 0 Å². The molecule has 13 heavy (non-hydrogen) atoms. The maximum Gasteiger partial charge on any atom is 0.196 e. The molecule has 74 valence electrons. The second kappa shape index (κ2) is 2.66. The first-order valence-electron chi connectivity index (χ1n) is 4.19. The van der Waals surface area contributed by atoms with Gasteiger partial charge in [-0.2, -0.15) is 5.26 Å². The van der Waals surface area contributed by atoms with Gasteiger partial charge in [0, 0.05) is 13.8 Å². The van der Waals surface area contributed by atoms with Gasteiger partial charge in [-0.05, 0) is 13.8 Å². The van der Waals surface area contributed by atoms with Crippen molar-refractivity contribution in [3.63, 3.8) is 0 Å². The van der Waals surface area contributed by atoms with Crippen LogP contribution in [0, 0.1) is 16.5 Å². The molecule has 1 aliphatic heterocycles. The molecule has 0 aromatic carbocycles. The van der Waals surface area contributed by atoms with Crippen LogP contribution in [-0.4, -0.2) is 27.5 Å². The van der Waals surface area contributed by atoms with Crippen molar-refractivity contribution >= 4 is 0 Å². The predicted molar refractivity (Wildman–Crippen MR) is 45.5 cm³/mol. The minimum absolute atomic E-state index is 0.220. The van der Waals surface area contributed by atoms with Crippen LogP contribution in [0.3, 0.4) is 0 Å². The molecule has 0 aromatic rings. The topological polar surface area (TPSA) is 74.8 Å². The number of hydroxylamine groups is 4. The van der Waals surface area contributed by atoms with Crippen molar-refractivity contribution in [2.45, 2.75) is 44.9 Å². The Bertz CT molecular complexity index is 257. The Balaban J connectivity index is 3.13. The van der Waals surface area contributed by atoms with Gasteiger partial charge in [-0.25, -0.2) is 0 Å². The van der Waals surface area contributed by atoms with E-state index in [-0.39, 0.29) is 5.06 Å². The van der Waals surface area contributed by atoms with Gasteiger partial charge in [-0.1, -0.05) is 0 Å². The molecule has 5 nitrogen and oxygen atoms in total. The molecule has 0 amide bonds. The van der Waals surface area contributed by atoms with Crippen molar-refractivity contribution in [2.24, 2.45) is 0 Å². The predicted octanol–water partition coefficient (Wildman–Crippen LogP) is -0.519. The molecular formula is C8H15N3O2. The SMILES string of the molecule is CC1(C)C(C#N)[NH+]([O-])C(C)(C)N1O. The van der Waals surface area contributed by atoms with Crippen LogP contribution in [0.4, 0.5) is 0 Å². The average molecular weight is 185 g/mol. The van der Waals surface area contributed by atoms with Gasteiger partial charge in [0.15, 0.2) is 11.7 Å². The molecule has 0 saturated carbocycles. The fourth-order valence-electron chi connectivity index (χ4n) is 1.84. The molecule has 0 aromatic heterocycles. The summed E-state index contributed by atoms with van der Waals surface area (Å²) in [5, 5.41) is 31.0. The average Bonchev–Trinajstić information content (AvgIpc) is 2.12. The van der Waals surface area contributed by atoms with E-state index in [2.05, 4.69) is 0 Å². The van der Waals surface area contributed by atoms with Crippen molar-refractivity contribution in [3.8, 4) is 6.07 Å². The number of nitriles is 1. The number of quaternary nitrogens is 1. The second-order valence-corrected chi connectivity index (χ2v) is 4.45. The highest BCUT2D eigenvalue weighted by Crippen LogP contribution is 2.27. The smallest absolute Gasteiger partial charge is 0.196 e. The van der Waals surface area contributed by atoms with Crippen LogP contribution in [0.15, 0.2) is 0 Å². The first kappa shape index (κ1) is 10.4. The molecular weight excluding hydrogens is 170 g/mol. The van der Waals surface area contributed by atoms with E-state index in [0.29, 0.717) is 0 Å². The lowest BCUT2D eigenvalue weighted by atomic mass is 9.98. The summed E-state index contributed by atoms with van der Waals surface area (Å²) in [4.78, 5) is 0. The monoisotopic (exact) mass is 185 g/mol. The van der Waals surface area contributed by atoms with Crippen LogP contribution in [0.2, 0.25) is 0 Å². The van der Waals surface area contributed by atoms with Crippen molar-refractivity contribution in [2.75, 3.05) is 0 Å². The molecule has 5 heteroatoms. The van der Waals surface area contributed by atoms with Crippen molar-refractivity contribution in [1.29, 1.82) is 5.26 Å². The molecule has 2 N–H and O–H groups in total. The highest BCUT2D eigenvalue weighted by Gasteiger charge is 2.58. The summed E-state index contributed by atoms with van der Waals surface area (Å²) in [7, 11) is 0. The Labute approximate surface area is 77.7 Å². The van der Waals surface area contributed by atoms with Crippen molar-refractivity contribution in [1.82, 2.24) is 5.06 Å². The maximum absolute atomic E-state index is 11.7. The van der Waals surface area contributed by atoms with Crippen LogP contribution in [0.5, 0.6) is 0 Å². The van der Waals surface area contributed by atoms with Crippen LogP contribution in [0.25, 0.3) is 0 Å². The van der Waals surface area contributed by atoms with Gasteiger partial charge >= 0.3 is 0 Å². The highest BCUT2D eigenvalue weighted by molar-refractivity contribution is 5.05. The van der Waals surface area contributed by atoms with E-state index in [0.717, 1.165) is 5.06 Å². The van der Waals surface area contributed by atoms with E-state index in [1.54, 1.807) is 27.7 Å². The van der Waals surface area contributed by atoms with Crippen molar-refractivity contribution in [3.05, 3.63) is 5.21 Å². The Kier molecular flexibility index (Phi) is 2.13. The summed E-state index contributed by atoms with van der Waals surface area (Å²) in [6.45, 7) is 6.62. The lowest BCUT2D eigenvalue weighted by molar-refractivity contribution is -0.914. The van der Waals surface area contributed by atoms with Crippen molar-refractivity contribution < 1.29 is 10.3 Å². The molecule has 1 saturated heterocycles. The zero-order valence-electron chi connectivity index (χ0n) is 8.33. The molecule has 0 radical (unpaired) electrons. The summed E-state index contributed by atoms with van der Waals surface area (Å²) >= 11 is 0. The number of hydrogen-bond acceptors (Lipinski definition) is 4. The first-order valence-corrected chi connectivity index (χ1v) is 4.19. The minimum atomic E-state index is -0.954. The van der Waals surface area contributed by atoms with Crippen LogP contribution in [0.1, 0.15) is 27.7 Å². The fourth-order valence-corrected chi connectivity index (χ4v) is 1.84. The second-order valence-electron chi connectivity index (χ2n) is 4.45. The summed E-state index contributed by atoms with van der Waals surface area (Å²) in [6.07, 6.45) is 0. The number of nitrogens with zero attached hydrogens (tertiary/aromatic N) is 2. The van der Waals surface area contributed by atoms with Gasteiger partial charge < -0.3 is 15.5 Å². The standard InChI is InChI=1S/C8H15N3O2/c1-7(2)6(5-9)10(12)8(3,4)11(7)13/h6,10,13H,1-4H3. The van der Waals surface area contributed by atoms with Gasteiger partial charge in [0.1, 0.15) is 11.6 Å². The molecule has 1 aliphatic rings. The Morgan fingerprint density at radius 1 is 1.46 bits per heavy atom. The van der Waals surface area contributed by atoms with E-state index in [1.807, 2.05) is 6.07 Å². The van der Waals surface area contributed by atoms with Gasteiger partial charge in [0.05, 0.1) is 0 Å². The van der Waals surface area contributed by atoms with Gasteiger partial charge in [0.2, 0.25) is 0 Å². The van der Waals surface area contributed by atoms with E-state index in [4.69, 9.17) is 5.26 Å². The third-order valence-electron chi connectivity index (χ3n) is 2.78. The Morgan fingerprint density at radius 2 is 1.92 bits per heavy atom. The third kappa shape index (κ3) is 1.15.